The molecule has 1 fully saturated rings. The van der Waals surface area contributed by atoms with E-state index in [0.29, 0.717) is 5.69 Å². The summed E-state index contributed by atoms with van der Waals surface area (Å²) in [5, 5.41) is 0. The molecule has 1 atom stereocenters. The van der Waals surface area contributed by atoms with E-state index in [1.807, 2.05) is 24.3 Å². The maximum atomic E-state index is 12.8. The molecule has 1 saturated heterocycles. The molecule has 0 N–H and O–H groups in total. The quantitative estimate of drug-likeness (QED) is 0.719. The largest absolute Gasteiger partial charge is 0.302 e. The molecule has 0 saturated carbocycles. The Labute approximate surface area is 147 Å². The summed E-state index contributed by atoms with van der Waals surface area (Å²) in [5.41, 5.74) is 1.50. The number of halogens is 2. The van der Waals surface area contributed by atoms with E-state index in [1.54, 1.807) is 6.07 Å². The third-order valence-corrected chi connectivity index (χ3v) is 5.06. The van der Waals surface area contributed by atoms with Gasteiger partial charge in [0.25, 0.3) is 0 Å². The van der Waals surface area contributed by atoms with Crippen LogP contribution in [-0.4, -0.2) is 36.6 Å². The van der Waals surface area contributed by atoms with Gasteiger partial charge >= 0.3 is 10.2 Å². The van der Waals surface area contributed by atoms with Crippen molar-refractivity contribution in [2.24, 2.45) is 5.92 Å². The fraction of sp³-hybridized carbons (Fsp3) is 0.267. The Morgan fingerprint density at radius 2 is 1.96 bits per heavy atom. The molecule has 0 radical (unpaired) electrons. The topological polar surface area (TPSA) is 80.2 Å². The van der Waals surface area contributed by atoms with Crippen LogP contribution < -0.4 is 4.90 Å². The van der Waals surface area contributed by atoms with Crippen LogP contribution in [0.4, 0.5) is 9.83 Å². The van der Waals surface area contributed by atoms with Crippen LogP contribution in [0.25, 0.3) is 11.3 Å². The molecule has 126 valence electrons. The Bertz CT molecular complexity index is 874. The predicted octanol–water partition coefficient (Wildman–Crippen LogP) is 2.56. The first kappa shape index (κ1) is 17.0. The average Bonchev–Trinajstić information content (AvgIpc) is 2.86. The van der Waals surface area contributed by atoms with Gasteiger partial charge in [-0.3, -0.25) is 9.69 Å². The van der Waals surface area contributed by atoms with E-state index < -0.39 is 21.9 Å². The zero-order valence-electron chi connectivity index (χ0n) is 12.4. The molecule has 1 aliphatic rings. The van der Waals surface area contributed by atoms with E-state index in [1.165, 1.54) is 11.1 Å². The second-order valence-corrected chi connectivity index (χ2v) is 7.86. The lowest BCUT2D eigenvalue weighted by molar-refractivity contribution is -0.117. The van der Waals surface area contributed by atoms with Crippen LogP contribution in [-0.2, 0) is 15.0 Å². The van der Waals surface area contributed by atoms with E-state index >= 15 is 0 Å². The van der Waals surface area contributed by atoms with Crippen molar-refractivity contribution in [2.45, 2.75) is 6.42 Å². The maximum absolute atomic E-state index is 12.8. The standard InChI is InChI=1S/C15H13BrFN3O3S/c16-12-3-1-11(2-4-12)13-5-6-18-15(19-13)20-8-10(7-14(20)21)9-24(17,22)23/h1-6,10H,7-9H2. The minimum Gasteiger partial charge on any atom is -0.280 e. The first-order valence-electron chi connectivity index (χ1n) is 7.13. The fourth-order valence-corrected chi connectivity index (χ4v) is 3.68. The molecule has 9 heteroatoms. The third kappa shape index (κ3) is 3.96. The number of hydrogen-bond acceptors (Lipinski definition) is 5. The summed E-state index contributed by atoms with van der Waals surface area (Å²) in [6, 6.07) is 9.22. The molecule has 2 heterocycles. The highest BCUT2D eigenvalue weighted by molar-refractivity contribution is 9.10. The summed E-state index contributed by atoms with van der Waals surface area (Å²) in [6.45, 7) is 0.0891. The van der Waals surface area contributed by atoms with Crippen LogP contribution in [0.3, 0.4) is 0 Å². The van der Waals surface area contributed by atoms with E-state index in [4.69, 9.17) is 0 Å². The van der Waals surface area contributed by atoms with Gasteiger partial charge in [0.05, 0.1) is 11.4 Å². The van der Waals surface area contributed by atoms with Gasteiger partial charge in [-0.15, -0.1) is 3.89 Å². The van der Waals surface area contributed by atoms with Gasteiger partial charge in [-0.1, -0.05) is 28.1 Å². The Morgan fingerprint density at radius 3 is 2.62 bits per heavy atom. The number of benzene rings is 1. The molecule has 1 aliphatic heterocycles. The number of hydrogen-bond donors (Lipinski definition) is 0. The average molecular weight is 414 g/mol. The van der Waals surface area contributed by atoms with Gasteiger partial charge < -0.3 is 0 Å². The number of aromatic nitrogens is 2. The molecular weight excluding hydrogens is 401 g/mol. The maximum Gasteiger partial charge on any atom is 0.302 e. The summed E-state index contributed by atoms with van der Waals surface area (Å²) in [7, 11) is -4.62. The number of nitrogens with zero attached hydrogens (tertiary/aromatic N) is 3. The van der Waals surface area contributed by atoms with Gasteiger partial charge in [0, 0.05) is 35.1 Å². The molecule has 0 bridgehead atoms. The van der Waals surface area contributed by atoms with E-state index in [2.05, 4.69) is 25.9 Å². The number of rotatable bonds is 4. The SMILES string of the molecule is O=C1CC(CS(=O)(=O)F)CN1c1nccc(-c2ccc(Br)cc2)n1. The zero-order valence-corrected chi connectivity index (χ0v) is 14.8. The molecular formula is C15H13BrFN3O3S. The third-order valence-electron chi connectivity index (χ3n) is 3.66. The Kier molecular flexibility index (Phi) is 4.64. The fourth-order valence-electron chi connectivity index (χ4n) is 2.63. The van der Waals surface area contributed by atoms with Crippen molar-refractivity contribution in [1.82, 2.24) is 9.97 Å². The first-order valence-corrected chi connectivity index (χ1v) is 9.48. The number of carbonyl (C=O) groups excluding carboxylic acids is 1. The lowest BCUT2D eigenvalue weighted by Gasteiger charge is -2.14. The van der Waals surface area contributed by atoms with Crippen molar-refractivity contribution >= 4 is 38.0 Å². The van der Waals surface area contributed by atoms with Gasteiger partial charge in [0.15, 0.2) is 0 Å². The zero-order chi connectivity index (χ0) is 17.3. The highest BCUT2D eigenvalue weighted by Crippen LogP contribution is 2.26. The lowest BCUT2D eigenvalue weighted by Crippen LogP contribution is -2.27. The highest BCUT2D eigenvalue weighted by Gasteiger charge is 2.35. The number of carbonyl (C=O) groups is 1. The predicted molar refractivity (Wildman–Crippen MR) is 90.5 cm³/mol. The van der Waals surface area contributed by atoms with Gasteiger partial charge in [-0.25, -0.2) is 9.97 Å². The van der Waals surface area contributed by atoms with E-state index in [0.717, 1.165) is 10.0 Å². The normalized spacial score (nSPS) is 18.2. The minimum atomic E-state index is -4.62. The number of anilines is 1. The molecule has 0 spiro atoms. The monoisotopic (exact) mass is 413 g/mol. The van der Waals surface area contributed by atoms with Crippen LogP contribution in [0.1, 0.15) is 6.42 Å². The van der Waals surface area contributed by atoms with Crippen molar-refractivity contribution in [3.8, 4) is 11.3 Å². The molecule has 3 rings (SSSR count). The van der Waals surface area contributed by atoms with Crippen molar-refractivity contribution < 1.29 is 17.1 Å². The Balaban J connectivity index is 1.84. The van der Waals surface area contributed by atoms with Crippen LogP contribution >= 0.6 is 15.9 Å². The molecule has 1 aromatic heterocycles. The van der Waals surface area contributed by atoms with Crippen LogP contribution in [0.2, 0.25) is 0 Å². The molecule has 1 amide bonds. The Morgan fingerprint density at radius 1 is 1.25 bits per heavy atom. The van der Waals surface area contributed by atoms with Gasteiger partial charge in [-0.05, 0) is 18.2 Å². The van der Waals surface area contributed by atoms with Gasteiger partial charge in [-0.2, -0.15) is 8.42 Å². The van der Waals surface area contributed by atoms with Crippen LogP contribution in [0.15, 0.2) is 41.0 Å². The summed E-state index contributed by atoms with van der Waals surface area (Å²) < 4.78 is 35.3. The van der Waals surface area contributed by atoms with Crippen molar-refractivity contribution in [3.05, 3.63) is 41.0 Å². The molecule has 0 aliphatic carbocycles. The summed E-state index contributed by atoms with van der Waals surface area (Å²) in [6.07, 6.45) is 1.50. The summed E-state index contributed by atoms with van der Waals surface area (Å²) in [4.78, 5) is 21.8. The van der Waals surface area contributed by atoms with E-state index in [-0.39, 0.29) is 24.8 Å². The second-order valence-electron chi connectivity index (χ2n) is 5.53. The molecule has 1 aromatic carbocycles. The first-order chi connectivity index (χ1) is 11.3. The molecule has 2 aromatic rings. The highest BCUT2D eigenvalue weighted by atomic mass is 79.9. The lowest BCUT2D eigenvalue weighted by atomic mass is 10.1. The number of amides is 1. The van der Waals surface area contributed by atoms with Gasteiger partial charge in [0.1, 0.15) is 0 Å². The molecule has 6 nitrogen and oxygen atoms in total. The molecule has 24 heavy (non-hydrogen) atoms. The van der Waals surface area contributed by atoms with Crippen LogP contribution in [0.5, 0.6) is 0 Å². The van der Waals surface area contributed by atoms with E-state index in [9.17, 15) is 17.1 Å². The second kappa shape index (κ2) is 6.56. The molecule has 1 unspecified atom stereocenters. The minimum absolute atomic E-state index is 0.0327. The van der Waals surface area contributed by atoms with Crippen LogP contribution in [0, 0.1) is 5.92 Å². The van der Waals surface area contributed by atoms with Crippen molar-refractivity contribution in [3.63, 3.8) is 0 Å². The van der Waals surface area contributed by atoms with Crippen molar-refractivity contribution in [1.29, 1.82) is 0 Å². The smallest absolute Gasteiger partial charge is 0.280 e. The van der Waals surface area contributed by atoms with Gasteiger partial charge in [0.2, 0.25) is 11.9 Å². The summed E-state index contributed by atoms with van der Waals surface area (Å²) >= 11 is 3.36. The Hall–Kier alpha value is -1.87. The summed E-state index contributed by atoms with van der Waals surface area (Å²) in [5.74, 6) is -1.37. The van der Waals surface area contributed by atoms with Crippen molar-refractivity contribution in [2.75, 3.05) is 17.2 Å².